The van der Waals surface area contributed by atoms with E-state index in [2.05, 4.69) is 126 Å². The third kappa shape index (κ3) is 2.89. The number of benzene rings is 4. The van der Waals surface area contributed by atoms with Gasteiger partial charge in [0.1, 0.15) is 0 Å². The second kappa shape index (κ2) is 7.42. The first-order valence-electron chi connectivity index (χ1n) is 13.5. The number of rotatable bonds is 2. The highest BCUT2D eigenvalue weighted by Crippen LogP contribution is 2.63. The predicted molar refractivity (Wildman–Crippen MR) is 158 cm³/mol. The van der Waals surface area contributed by atoms with Gasteiger partial charge >= 0.3 is 0 Å². The average Bonchev–Trinajstić information content (AvgIpc) is 3.30. The van der Waals surface area contributed by atoms with E-state index in [9.17, 15) is 0 Å². The van der Waals surface area contributed by atoms with E-state index in [1.807, 2.05) is 0 Å². The van der Waals surface area contributed by atoms with E-state index in [1.54, 1.807) is 0 Å². The maximum atomic E-state index is 5.35. The Morgan fingerprint density at radius 3 is 2.08 bits per heavy atom. The van der Waals surface area contributed by atoms with Crippen molar-refractivity contribution in [2.75, 3.05) is 0 Å². The van der Waals surface area contributed by atoms with Crippen LogP contribution in [0, 0.1) is 0 Å². The van der Waals surface area contributed by atoms with Gasteiger partial charge in [-0.15, -0.1) is 0 Å². The Bertz CT molecular complexity index is 1800. The van der Waals surface area contributed by atoms with E-state index in [0.29, 0.717) is 5.92 Å². The summed E-state index contributed by atoms with van der Waals surface area (Å²) in [5.74, 6) is 0.481. The highest BCUT2D eigenvalue weighted by molar-refractivity contribution is 6.14. The summed E-state index contributed by atoms with van der Waals surface area (Å²) in [6.45, 7) is 14.1. The van der Waals surface area contributed by atoms with Crippen molar-refractivity contribution < 1.29 is 0 Å². The number of nitrogens with zero attached hydrogens (tertiary/aromatic N) is 1. The molecule has 4 aromatic carbocycles. The highest BCUT2D eigenvalue weighted by Gasteiger charge is 2.50. The molecule has 2 aliphatic rings. The van der Waals surface area contributed by atoms with Gasteiger partial charge < -0.3 is 0 Å². The Kier molecular flexibility index (Phi) is 4.51. The van der Waals surface area contributed by atoms with Gasteiger partial charge in [0.15, 0.2) is 0 Å². The Balaban J connectivity index is 1.55. The molecule has 0 unspecified atom stereocenters. The maximum absolute atomic E-state index is 5.35. The molecular weight excluding hydrogens is 446 g/mol. The van der Waals surface area contributed by atoms with Crippen LogP contribution in [0.2, 0.25) is 0 Å². The summed E-state index contributed by atoms with van der Waals surface area (Å²) in [6, 6.07) is 31.5. The first-order chi connectivity index (χ1) is 17.7. The SMILES string of the molecule is CC(C)c1ccc2c(-c3cccc4c3C(C)(C)C3=C4C(C)(C)c4ccccc43)nc3ccccc3c2c1. The van der Waals surface area contributed by atoms with Crippen LogP contribution in [0.4, 0.5) is 0 Å². The Morgan fingerprint density at radius 1 is 0.595 bits per heavy atom. The second-order valence-electron chi connectivity index (χ2n) is 12.2. The molecule has 0 spiro atoms. The molecule has 182 valence electrons. The molecule has 2 aliphatic carbocycles. The lowest BCUT2D eigenvalue weighted by molar-refractivity contribution is 0.695. The number of aromatic nitrogens is 1. The van der Waals surface area contributed by atoms with Gasteiger partial charge in [0.2, 0.25) is 0 Å². The van der Waals surface area contributed by atoms with Gasteiger partial charge in [-0.25, -0.2) is 4.98 Å². The van der Waals surface area contributed by atoms with Crippen LogP contribution in [-0.4, -0.2) is 4.98 Å². The number of fused-ring (bicyclic) bond motifs is 7. The first-order valence-corrected chi connectivity index (χ1v) is 13.5. The zero-order valence-electron chi connectivity index (χ0n) is 22.6. The minimum absolute atomic E-state index is 0.0296. The van der Waals surface area contributed by atoms with E-state index in [1.165, 1.54) is 60.7 Å². The standard InChI is InChI=1S/C36H33N/c1-21(2)22-18-19-24-28(20-22)23-12-8-10-17-30(23)37-34(24)27-15-11-14-26-31(27)36(5,6)32-25-13-7-9-16-29(25)35(3,4)33(26)32/h7-21H,1-6H3. The zero-order valence-corrected chi connectivity index (χ0v) is 22.6. The van der Waals surface area contributed by atoms with Crippen LogP contribution in [0.3, 0.4) is 0 Å². The van der Waals surface area contributed by atoms with Crippen LogP contribution in [0.25, 0.3) is 44.1 Å². The molecule has 1 aromatic heterocycles. The van der Waals surface area contributed by atoms with Crippen molar-refractivity contribution in [3.63, 3.8) is 0 Å². The van der Waals surface area contributed by atoms with Crippen molar-refractivity contribution in [1.29, 1.82) is 0 Å². The molecule has 0 atom stereocenters. The lowest BCUT2D eigenvalue weighted by Crippen LogP contribution is -2.20. The van der Waals surface area contributed by atoms with E-state index in [-0.39, 0.29) is 10.8 Å². The number of pyridine rings is 1. The fourth-order valence-electron chi connectivity index (χ4n) is 7.24. The lowest BCUT2D eigenvalue weighted by atomic mass is 9.74. The molecule has 0 aliphatic heterocycles. The first kappa shape index (κ1) is 22.5. The minimum Gasteiger partial charge on any atom is -0.247 e. The van der Waals surface area contributed by atoms with Crippen molar-refractivity contribution >= 4 is 32.8 Å². The topological polar surface area (TPSA) is 12.9 Å². The molecule has 0 N–H and O–H groups in total. The molecule has 0 saturated heterocycles. The molecule has 5 aromatic rings. The maximum Gasteiger partial charge on any atom is 0.0791 e. The van der Waals surface area contributed by atoms with Crippen LogP contribution >= 0.6 is 0 Å². The Hall–Kier alpha value is -3.71. The molecule has 1 heteroatoms. The Morgan fingerprint density at radius 2 is 1.27 bits per heavy atom. The normalized spacial score (nSPS) is 16.9. The number of para-hydroxylation sites is 1. The van der Waals surface area contributed by atoms with Crippen molar-refractivity contribution in [1.82, 2.24) is 4.98 Å². The van der Waals surface area contributed by atoms with Crippen molar-refractivity contribution in [2.24, 2.45) is 0 Å². The van der Waals surface area contributed by atoms with E-state index < -0.39 is 0 Å². The van der Waals surface area contributed by atoms with Crippen molar-refractivity contribution in [3.8, 4) is 11.3 Å². The summed E-state index contributed by atoms with van der Waals surface area (Å²) in [7, 11) is 0. The van der Waals surface area contributed by atoms with Crippen LogP contribution in [0.15, 0.2) is 84.9 Å². The van der Waals surface area contributed by atoms with Crippen molar-refractivity contribution in [2.45, 2.75) is 58.3 Å². The summed E-state index contributed by atoms with van der Waals surface area (Å²) in [5, 5.41) is 3.76. The lowest BCUT2D eigenvalue weighted by Gasteiger charge is -2.30. The molecule has 1 heterocycles. The monoisotopic (exact) mass is 479 g/mol. The van der Waals surface area contributed by atoms with Crippen LogP contribution in [0.1, 0.15) is 75.3 Å². The summed E-state index contributed by atoms with van der Waals surface area (Å²) in [6.07, 6.45) is 0. The minimum atomic E-state index is -0.122. The third-order valence-electron chi connectivity index (χ3n) is 8.98. The van der Waals surface area contributed by atoms with Crippen LogP contribution in [0.5, 0.6) is 0 Å². The van der Waals surface area contributed by atoms with Gasteiger partial charge in [0.25, 0.3) is 0 Å². The van der Waals surface area contributed by atoms with Gasteiger partial charge in [-0.3, -0.25) is 0 Å². The second-order valence-corrected chi connectivity index (χ2v) is 12.2. The molecule has 0 amide bonds. The Labute approximate surface area is 219 Å². The number of hydrogen-bond donors (Lipinski definition) is 0. The van der Waals surface area contributed by atoms with Gasteiger partial charge in [-0.2, -0.15) is 0 Å². The van der Waals surface area contributed by atoms with Crippen LogP contribution in [-0.2, 0) is 10.8 Å². The fourth-order valence-corrected chi connectivity index (χ4v) is 7.24. The average molecular weight is 480 g/mol. The molecule has 0 fully saturated rings. The predicted octanol–water partition coefficient (Wildman–Crippen LogP) is 9.67. The molecule has 37 heavy (non-hydrogen) atoms. The molecular formula is C36H33N. The van der Waals surface area contributed by atoms with Gasteiger partial charge in [-0.05, 0) is 56.3 Å². The van der Waals surface area contributed by atoms with Gasteiger partial charge in [0, 0.05) is 27.2 Å². The molecule has 0 radical (unpaired) electrons. The van der Waals surface area contributed by atoms with Crippen LogP contribution < -0.4 is 0 Å². The van der Waals surface area contributed by atoms with E-state index >= 15 is 0 Å². The molecule has 0 saturated carbocycles. The summed E-state index contributed by atoms with van der Waals surface area (Å²) >= 11 is 0. The number of hydrogen-bond acceptors (Lipinski definition) is 1. The molecule has 7 rings (SSSR count). The number of allylic oxidation sites excluding steroid dienone is 2. The largest absolute Gasteiger partial charge is 0.247 e. The quantitative estimate of drug-likeness (QED) is 0.230. The fraction of sp³-hybridized carbons (Fsp3) is 0.250. The summed E-state index contributed by atoms with van der Waals surface area (Å²) < 4.78 is 0. The van der Waals surface area contributed by atoms with Crippen molar-refractivity contribution in [3.05, 3.63) is 113 Å². The summed E-state index contributed by atoms with van der Waals surface area (Å²) in [5.41, 5.74) is 13.3. The zero-order chi connectivity index (χ0) is 25.7. The highest BCUT2D eigenvalue weighted by atomic mass is 14.7. The van der Waals surface area contributed by atoms with E-state index in [0.717, 1.165) is 11.2 Å². The summed E-state index contributed by atoms with van der Waals surface area (Å²) in [4.78, 5) is 5.35. The van der Waals surface area contributed by atoms with E-state index in [4.69, 9.17) is 4.98 Å². The smallest absolute Gasteiger partial charge is 0.0791 e. The third-order valence-corrected chi connectivity index (χ3v) is 8.98. The molecule has 0 bridgehead atoms. The van der Waals surface area contributed by atoms with Gasteiger partial charge in [0.05, 0.1) is 11.2 Å². The molecule has 1 nitrogen and oxygen atoms in total. The van der Waals surface area contributed by atoms with Gasteiger partial charge in [-0.1, -0.05) is 120 Å².